The molecule has 5 nitrogen and oxygen atoms in total. The number of aromatic hydroxyl groups is 1. The Bertz CT molecular complexity index is 886. The number of hydrogen-bond donors (Lipinski definition) is 1. The van der Waals surface area contributed by atoms with Crippen LogP contribution < -0.4 is 4.90 Å². The summed E-state index contributed by atoms with van der Waals surface area (Å²) in [6.45, 7) is 4.88. The Balaban J connectivity index is 1.62. The number of rotatable bonds is 2. The zero-order chi connectivity index (χ0) is 20.1. The van der Waals surface area contributed by atoms with Gasteiger partial charge in [-0.15, -0.1) is 10.2 Å². The number of piperidine rings is 1. The Hall–Kier alpha value is -2.35. The van der Waals surface area contributed by atoms with Crippen LogP contribution in [0, 0.1) is 12.8 Å². The van der Waals surface area contributed by atoms with Gasteiger partial charge in [-0.1, -0.05) is 0 Å². The lowest BCUT2D eigenvalue weighted by molar-refractivity contribution is -0.137. The molecule has 2 aliphatic heterocycles. The van der Waals surface area contributed by atoms with Crippen molar-refractivity contribution in [2.75, 3.05) is 31.6 Å². The van der Waals surface area contributed by atoms with Gasteiger partial charge in [-0.3, -0.25) is 0 Å². The summed E-state index contributed by atoms with van der Waals surface area (Å²) in [5, 5.41) is 18.7. The van der Waals surface area contributed by atoms with Gasteiger partial charge in [-0.2, -0.15) is 13.2 Å². The fraction of sp³-hybridized carbons (Fsp3) is 0.500. The second-order valence-electron chi connectivity index (χ2n) is 7.82. The van der Waals surface area contributed by atoms with Crippen LogP contribution in [0.5, 0.6) is 5.75 Å². The molecule has 1 aromatic heterocycles. The Morgan fingerprint density at radius 3 is 2.54 bits per heavy atom. The van der Waals surface area contributed by atoms with Crippen molar-refractivity contribution in [3.05, 3.63) is 35.4 Å². The first-order valence-corrected chi connectivity index (χ1v) is 9.44. The minimum Gasteiger partial charge on any atom is -0.507 e. The van der Waals surface area contributed by atoms with E-state index < -0.39 is 17.5 Å². The number of phenols is 1. The Kier molecular flexibility index (Phi) is 4.69. The summed E-state index contributed by atoms with van der Waals surface area (Å²) in [6, 6.07) is 5.26. The van der Waals surface area contributed by atoms with Crippen LogP contribution in [-0.4, -0.2) is 52.9 Å². The first-order chi connectivity index (χ1) is 13.2. The molecule has 1 N–H and O–H groups in total. The van der Waals surface area contributed by atoms with Crippen LogP contribution in [0.4, 0.5) is 19.0 Å². The topological polar surface area (TPSA) is 52.5 Å². The number of benzene rings is 1. The van der Waals surface area contributed by atoms with Crippen molar-refractivity contribution in [2.24, 2.45) is 5.92 Å². The van der Waals surface area contributed by atoms with Gasteiger partial charge in [0, 0.05) is 24.7 Å². The maximum Gasteiger partial charge on any atom is 0.416 e. The molecular weight excluding hydrogens is 369 g/mol. The number of hydrogen-bond acceptors (Lipinski definition) is 5. The summed E-state index contributed by atoms with van der Waals surface area (Å²) in [4.78, 5) is 4.62. The van der Waals surface area contributed by atoms with Gasteiger partial charge >= 0.3 is 6.18 Å². The van der Waals surface area contributed by atoms with Crippen molar-refractivity contribution in [3.8, 4) is 17.0 Å². The fourth-order valence-electron chi connectivity index (χ4n) is 4.37. The molecule has 1 aromatic carbocycles. The summed E-state index contributed by atoms with van der Waals surface area (Å²) in [7, 11) is 2.13. The van der Waals surface area contributed by atoms with Gasteiger partial charge in [0.2, 0.25) is 0 Å². The van der Waals surface area contributed by atoms with Gasteiger partial charge in [-0.25, -0.2) is 0 Å². The molecule has 0 radical (unpaired) electrons. The largest absolute Gasteiger partial charge is 0.507 e. The Morgan fingerprint density at radius 1 is 1.11 bits per heavy atom. The van der Waals surface area contributed by atoms with Gasteiger partial charge in [0.05, 0.1) is 11.3 Å². The summed E-state index contributed by atoms with van der Waals surface area (Å²) < 4.78 is 38.5. The van der Waals surface area contributed by atoms with E-state index in [-0.39, 0.29) is 5.56 Å². The molecule has 0 amide bonds. The van der Waals surface area contributed by atoms with Crippen molar-refractivity contribution in [1.82, 2.24) is 15.1 Å². The van der Waals surface area contributed by atoms with E-state index in [1.54, 1.807) is 0 Å². The van der Waals surface area contributed by atoms with Crippen LogP contribution >= 0.6 is 0 Å². The molecule has 0 unspecified atom stereocenters. The second kappa shape index (κ2) is 6.92. The van der Waals surface area contributed by atoms with Crippen LogP contribution in [0.1, 0.15) is 24.0 Å². The number of fused-ring (bicyclic) bond motifs is 1. The summed E-state index contributed by atoms with van der Waals surface area (Å²) >= 11 is 0. The van der Waals surface area contributed by atoms with E-state index in [4.69, 9.17) is 0 Å². The third-order valence-corrected chi connectivity index (χ3v) is 5.91. The van der Waals surface area contributed by atoms with Crippen LogP contribution in [-0.2, 0) is 6.18 Å². The monoisotopic (exact) mass is 392 g/mol. The minimum absolute atomic E-state index is 0.251. The molecule has 2 aliphatic rings. The number of nitrogens with zero attached hydrogens (tertiary/aromatic N) is 4. The smallest absolute Gasteiger partial charge is 0.416 e. The summed E-state index contributed by atoms with van der Waals surface area (Å²) in [5.74, 6) is 1.00. The molecule has 0 bridgehead atoms. The number of anilines is 1. The highest BCUT2D eigenvalue weighted by Gasteiger charge is 2.38. The molecule has 2 aromatic rings. The zero-order valence-corrected chi connectivity index (χ0v) is 15.9. The molecule has 150 valence electrons. The van der Waals surface area contributed by atoms with Crippen molar-refractivity contribution >= 4 is 5.82 Å². The predicted octanol–water partition coefficient (Wildman–Crippen LogP) is 3.71. The first-order valence-electron chi connectivity index (χ1n) is 9.44. The number of alkyl halides is 3. The third kappa shape index (κ3) is 3.41. The van der Waals surface area contributed by atoms with Crippen LogP contribution in [0.3, 0.4) is 0 Å². The van der Waals surface area contributed by atoms with Crippen molar-refractivity contribution in [2.45, 2.75) is 32.0 Å². The molecule has 0 aliphatic carbocycles. The van der Waals surface area contributed by atoms with Crippen molar-refractivity contribution in [3.63, 3.8) is 0 Å². The van der Waals surface area contributed by atoms with E-state index in [0.29, 0.717) is 17.7 Å². The maximum absolute atomic E-state index is 12.8. The van der Waals surface area contributed by atoms with E-state index in [9.17, 15) is 18.3 Å². The molecule has 0 saturated carbocycles. The number of likely N-dealkylation sites (tertiary alicyclic amines) is 1. The quantitative estimate of drug-likeness (QED) is 0.845. The molecule has 3 heterocycles. The molecule has 2 fully saturated rings. The van der Waals surface area contributed by atoms with Crippen molar-refractivity contribution in [1.29, 1.82) is 0 Å². The molecule has 2 atom stereocenters. The van der Waals surface area contributed by atoms with Crippen LogP contribution in [0.25, 0.3) is 11.3 Å². The van der Waals surface area contributed by atoms with Crippen LogP contribution in [0.2, 0.25) is 0 Å². The van der Waals surface area contributed by atoms with Crippen molar-refractivity contribution < 1.29 is 18.3 Å². The minimum atomic E-state index is -4.50. The number of likely N-dealkylation sites (N-methyl/N-ethyl adjacent to an activating group) is 1. The lowest BCUT2D eigenvalue weighted by atomic mass is 9.92. The molecule has 8 heteroatoms. The Labute approximate surface area is 161 Å². The van der Waals surface area contributed by atoms with Gasteiger partial charge in [-0.05, 0) is 69.1 Å². The molecule has 2 saturated heterocycles. The molecular formula is C20H23F3N4O. The molecule has 4 rings (SSSR count). The summed E-state index contributed by atoms with van der Waals surface area (Å²) in [6.07, 6.45) is -2.18. The van der Waals surface area contributed by atoms with E-state index in [2.05, 4.69) is 27.0 Å². The molecule has 0 spiro atoms. The highest BCUT2D eigenvalue weighted by atomic mass is 19.4. The third-order valence-electron chi connectivity index (χ3n) is 5.91. The van der Waals surface area contributed by atoms with E-state index in [1.807, 2.05) is 13.0 Å². The second-order valence-corrected chi connectivity index (χ2v) is 7.82. The SMILES string of the molecule is Cc1cc(N2CC[C@@H]3CCN(C)C[C@@H]32)nnc1-c1ccc(C(F)(F)F)cc1O. The normalized spacial score (nSPS) is 23.1. The average molecular weight is 392 g/mol. The van der Waals surface area contributed by atoms with E-state index >= 15 is 0 Å². The lowest BCUT2D eigenvalue weighted by Crippen LogP contribution is -2.47. The number of phenolic OH excluding ortho intramolecular Hbond substituents is 1. The standard InChI is InChI=1S/C20H23F3N4O/c1-12-9-18(27-8-6-13-5-7-26(2)11-16(13)27)24-25-19(12)15-4-3-14(10-17(15)28)20(21,22)23/h3-4,9-10,13,16,28H,5-8,11H2,1-2H3/t13-,16-/m0/s1. The number of aromatic nitrogens is 2. The van der Waals surface area contributed by atoms with E-state index in [1.165, 1.54) is 12.5 Å². The number of halogens is 3. The Morgan fingerprint density at radius 2 is 1.86 bits per heavy atom. The highest BCUT2D eigenvalue weighted by molar-refractivity contribution is 5.70. The van der Waals surface area contributed by atoms with E-state index in [0.717, 1.165) is 49.6 Å². The van der Waals surface area contributed by atoms with Gasteiger partial charge in [0.15, 0.2) is 5.82 Å². The van der Waals surface area contributed by atoms with Gasteiger partial charge in [0.25, 0.3) is 0 Å². The summed E-state index contributed by atoms with van der Waals surface area (Å²) in [5.41, 5.74) is 0.529. The highest BCUT2D eigenvalue weighted by Crippen LogP contribution is 2.38. The first kappa shape index (κ1) is 19.0. The lowest BCUT2D eigenvalue weighted by Gasteiger charge is -2.37. The molecule has 28 heavy (non-hydrogen) atoms. The maximum atomic E-state index is 12.8. The number of aryl methyl sites for hydroxylation is 1. The van der Waals surface area contributed by atoms with Crippen LogP contribution in [0.15, 0.2) is 24.3 Å². The predicted molar refractivity (Wildman–Crippen MR) is 100 cm³/mol. The van der Waals surface area contributed by atoms with Gasteiger partial charge < -0.3 is 14.9 Å². The average Bonchev–Trinajstić information content (AvgIpc) is 3.04. The zero-order valence-electron chi connectivity index (χ0n) is 15.9. The van der Waals surface area contributed by atoms with Gasteiger partial charge in [0.1, 0.15) is 5.75 Å². The fourth-order valence-corrected chi connectivity index (χ4v) is 4.37.